The van der Waals surface area contributed by atoms with Crippen LogP contribution in [-0.2, 0) is 11.3 Å². The number of nitrogens with zero attached hydrogens (tertiary/aromatic N) is 2. The van der Waals surface area contributed by atoms with Crippen molar-refractivity contribution in [1.82, 2.24) is 9.55 Å². The molecule has 0 bridgehead atoms. The number of nitrogens with two attached hydrogens (primary N) is 1. The molecule has 0 saturated heterocycles. The molecule has 0 aliphatic rings. The van der Waals surface area contributed by atoms with E-state index in [-0.39, 0.29) is 5.69 Å². The third kappa shape index (κ3) is 3.14. The lowest BCUT2D eigenvalue weighted by Gasteiger charge is -2.06. The summed E-state index contributed by atoms with van der Waals surface area (Å²) in [6, 6.07) is 7.86. The van der Waals surface area contributed by atoms with Crippen molar-refractivity contribution >= 4 is 27.7 Å². The molecule has 0 amide bonds. The van der Waals surface area contributed by atoms with Crippen molar-refractivity contribution in [3.05, 3.63) is 46.3 Å². The van der Waals surface area contributed by atoms with Crippen molar-refractivity contribution in [1.29, 1.82) is 0 Å². The lowest BCUT2D eigenvalue weighted by molar-refractivity contribution is 0.0521. The minimum Gasteiger partial charge on any atom is -0.461 e. The molecule has 2 N–H and O–H groups in total. The first-order valence-corrected chi connectivity index (χ1v) is 6.63. The number of imidazole rings is 1. The number of esters is 1. The average molecular weight is 324 g/mol. The molecule has 2 aromatic rings. The monoisotopic (exact) mass is 323 g/mol. The van der Waals surface area contributed by atoms with Gasteiger partial charge in [-0.1, -0.05) is 28.1 Å². The van der Waals surface area contributed by atoms with Crippen LogP contribution in [-0.4, -0.2) is 22.1 Å². The predicted octanol–water partition coefficient (Wildman–Crippen LogP) is 2.45. The highest BCUT2D eigenvalue weighted by Gasteiger charge is 2.16. The molecule has 0 fully saturated rings. The van der Waals surface area contributed by atoms with E-state index in [0.29, 0.717) is 19.0 Å². The quantitative estimate of drug-likeness (QED) is 0.877. The largest absolute Gasteiger partial charge is 0.461 e. The number of carbonyl (C=O) groups excluding carboxylic acids is 1. The van der Waals surface area contributed by atoms with Crippen LogP contribution in [0, 0.1) is 0 Å². The second-order valence-corrected chi connectivity index (χ2v) is 4.87. The minimum absolute atomic E-state index is 0.164. The van der Waals surface area contributed by atoms with Gasteiger partial charge >= 0.3 is 5.97 Å². The molecule has 1 aromatic heterocycles. The van der Waals surface area contributed by atoms with E-state index in [0.717, 1.165) is 10.0 Å². The maximum absolute atomic E-state index is 11.6. The summed E-state index contributed by atoms with van der Waals surface area (Å²) < 4.78 is 7.60. The molecule has 1 heterocycles. The van der Waals surface area contributed by atoms with E-state index in [1.54, 1.807) is 17.8 Å². The molecule has 6 heteroatoms. The van der Waals surface area contributed by atoms with Gasteiger partial charge in [-0.3, -0.25) is 0 Å². The van der Waals surface area contributed by atoms with E-state index < -0.39 is 5.97 Å². The van der Waals surface area contributed by atoms with Crippen molar-refractivity contribution in [2.24, 2.45) is 0 Å². The van der Waals surface area contributed by atoms with Gasteiger partial charge in [0.1, 0.15) is 5.82 Å². The number of hydrogen-bond acceptors (Lipinski definition) is 4. The molecule has 100 valence electrons. The van der Waals surface area contributed by atoms with Crippen LogP contribution in [0.1, 0.15) is 23.0 Å². The number of carbonyl (C=O) groups is 1. The number of anilines is 1. The Kier molecular flexibility index (Phi) is 4.21. The zero-order valence-electron chi connectivity index (χ0n) is 10.5. The van der Waals surface area contributed by atoms with Crippen molar-refractivity contribution in [3.8, 4) is 0 Å². The van der Waals surface area contributed by atoms with Gasteiger partial charge in [-0.05, 0) is 24.6 Å². The number of halogens is 1. The highest BCUT2D eigenvalue weighted by Crippen LogP contribution is 2.16. The van der Waals surface area contributed by atoms with Crippen molar-refractivity contribution in [2.75, 3.05) is 12.3 Å². The fourth-order valence-electron chi connectivity index (χ4n) is 1.71. The number of hydrogen-bond donors (Lipinski definition) is 1. The van der Waals surface area contributed by atoms with Crippen LogP contribution < -0.4 is 5.73 Å². The zero-order chi connectivity index (χ0) is 13.8. The zero-order valence-corrected chi connectivity index (χ0v) is 12.1. The van der Waals surface area contributed by atoms with Gasteiger partial charge in [-0.15, -0.1) is 0 Å². The standard InChI is InChI=1S/C13H14BrN3O2/c1-2-19-13(18)11-12(15)17(8-16-11)7-9-4-3-5-10(14)6-9/h3-6,8H,2,7,15H2,1H3. The van der Waals surface area contributed by atoms with Gasteiger partial charge in [-0.2, -0.15) is 0 Å². The van der Waals surface area contributed by atoms with Crippen molar-refractivity contribution in [3.63, 3.8) is 0 Å². The number of aromatic nitrogens is 2. The first kappa shape index (κ1) is 13.6. The first-order valence-electron chi connectivity index (χ1n) is 5.84. The van der Waals surface area contributed by atoms with Gasteiger partial charge in [0.05, 0.1) is 19.5 Å². The number of rotatable bonds is 4. The molecule has 0 spiro atoms. The second-order valence-electron chi connectivity index (χ2n) is 3.96. The van der Waals surface area contributed by atoms with Crippen LogP contribution in [0.15, 0.2) is 35.1 Å². The van der Waals surface area contributed by atoms with E-state index in [1.165, 1.54) is 0 Å². The highest BCUT2D eigenvalue weighted by atomic mass is 79.9. The summed E-state index contributed by atoms with van der Waals surface area (Å²) in [7, 11) is 0. The van der Waals surface area contributed by atoms with Crippen molar-refractivity contribution in [2.45, 2.75) is 13.5 Å². The molecule has 5 nitrogen and oxygen atoms in total. The Bertz CT molecular complexity index is 595. The Morgan fingerprint density at radius 1 is 1.53 bits per heavy atom. The molecule has 0 unspecified atom stereocenters. The third-order valence-corrected chi connectivity index (χ3v) is 3.08. The van der Waals surface area contributed by atoms with E-state index in [2.05, 4.69) is 20.9 Å². The molecule has 0 saturated carbocycles. The second kappa shape index (κ2) is 5.88. The normalized spacial score (nSPS) is 10.4. The van der Waals surface area contributed by atoms with Crippen LogP contribution in [0.3, 0.4) is 0 Å². The maximum Gasteiger partial charge on any atom is 0.360 e. The predicted molar refractivity (Wildman–Crippen MR) is 75.8 cm³/mol. The van der Waals surface area contributed by atoms with Crippen LogP contribution in [0.4, 0.5) is 5.82 Å². The Morgan fingerprint density at radius 2 is 2.32 bits per heavy atom. The van der Waals surface area contributed by atoms with E-state index in [9.17, 15) is 4.79 Å². The van der Waals surface area contributed by atoms with Crippen LogP contribution >= 0.6 is 15.9 Å². The van der Waals surface area contributed by atoms with Gasteiger partial charge in [0.15, 0.2) is 5.69 Å². The summed E-state index contributed by atoms with van der Waals surface area (Å²) in [5.41, 5.74) is 7.14. The fourth-order valence-corrected chi connectivity index (χ4v) is 2.15. The molecule has 1 aromatic carbocycles. The lowest BCUT2D eigenvalue weighted by Crippen LogP contribution is -2.10. The molecule has 0 aliphatic carbocycles. The number of nitrogen functional groups attached to an aromatic ring is 1. The van der Waals surface area contributed by atoms with Crippen LogP contribution in [0.25, 0.3) is 0 Å². The van der Waals surface area contributed by atoms with Gasteiger partial charge < -0.3 is 15.0 Å². The Morgan fingerprint density at radius 3 is 3.00 bits per heavy atom. The Balaban J connectivity index is 2.20. The van der Waals surface area contributed by atoms with Gasteiger partial charge in [-0.25, -0.2) is 9.78 Å². The summed E-state index contributed by atoms with van der Waals surface area (Å²) in [5, 5.41) is 0. The summed E-state index contributed by atoms with van der Waals surface area (Å²) >= 11 is 3.41. The fraction of sp³-hybridized carbons (Fsp3) is 0.231. The van der Waals surface area contributed by atoms with E-state index in [1.807, 2.05) is 24.3 Å². The third-order valence-electron chi connectivity index (χ3n) is 2.59. The average Bonchev–Trinajstić information content (AvgIpc) is 2.71. The minimum atomic E-state index is -0.493. The van der Waals surface area contributed by atoms with Gasteiger partial charge in [0, 0.05) is 4.47 Å². The molecule has 0 atom stereocenters. The summed E-state index contributed by atoms with van der Waals surface area (Å²) in [4.78, 5) is 15.6. The Labute approximate surface area is 119 Å². The topological polar surface area (TPSA) is 70.1 Å². The summed E-state index contributed by atoms with van der Waals surface area (Å²) in [6.45, 7) is 2.60. The highest BCUT2D eigenvalue weighted by molar-refractivity contribution is 9.10. The molecule has 0 radical (unpaired) electrons. The molecular formula is C13H14BrN3O2. The van der Waals surface area contributed by atoms with Gasteiger partial charge in [0.2, 0.25) is 0 Å². The Hall–Kier alpha value is -1.82. The van der Waals surface area contributed by atoms with Crippen molar-refractivity contribution < 1.29 is 9.53 Å². The van der Waals surface area contributed by atoms with Crippen LogP contribution in [0.2, 0.25) is 0 Å². The van der Waals surface area contributed by atoms with Crippen LogP contribution in [0.5, 0.6) is 0 Å². The lowest BCUT2D eigenvalue weighted by atomic mass is 10.2. The number of ether oxygens (including phenoxy) is 1. The SMILES string of the molecule is CCOC(=O)c1ncn(Cc2cccc(Br)c2)c1N. The van der Waals surface area contributed by atoms with E-state index in [4.69, 9.17) is 10.5 Å². The molecule has 0 aliphatic heterocycles. The smallest absolute Gasteiger partial charge is 0.360 e. The summed E-state index contributed by atoms with van der Waals surface area (Å²) in [5.74, 6) is -0.175. The number of benzene rings is 1. The van der Waals surface area contributed by atoms with E-state index >= 15 is 0 Å². The van der Waals surface area contributed by atoms with Gasteiger partial charge in [0.25, 0.3) is 0 Å². The first-order chi connectivity index (χ1) is 9.11. The molecule has 19 heavy (non-hydrogen) atoms. The molecular weight excluding hydrogens is 310 g/mol. The molecule has 2 rings (SSSR count). The summed E-state index contributed by atoms with van der Waals surface area (Å²) in [6.07, 6.45) is 1.54. The maximum atomic E-state index is 11.6.